The van der Waals surface area contributed by atoms with Crippen LogP contribution in [0.2, 0.25) is 0 Å². The third-order valence-corrected chi connectivity index (χ3v) is 5.47. The summed E-state index contributed by atoms with van der Waals surface area (Å²) in [4.78, 5) is 36.9. The molecule has 3 saturated carbocycles. The molecule has 0 spiro atoms. The van der Waals surface area contributed by atoms with Gasteiger partial charge in [0.15, 0.2) is 0 Å². The van der Waals surface area contributed by atoms with E-state index >= 15 is 0 Å². The van der Waals surface area contributed by atoms with Crippen LogP contribution in [0.5, 0.6) is 0 Å². The molecule has 0 radical (unpaired) electrons. The van der Waals surface area contributed by atoms with Crippen molar-refractivity contribution in [2.75, 3.05) is 13.1 Å². The minimum Gasteiger partial charge on any atom is -0.444 e. The molecule has 0 aromatic heterocycles. The summed E-state index contributed by atoms with van der Waals surface area (Å²) in [6.07, 6.45) is 2.60. The first-order valence-corrected chi connectivity index (χ1v) is 8.06. The van der Waals surface area contributed by atoms with Gasteiger partial charge in [0, 0.05) is 24.4 Å². The Morgan fingerprint density at radius 3 is 2.14 bits per heavy atom. The number of amides is 1. The van der Waals surface area contributed by atoms with E-state index in [0.29, 0.717) is 5.92 Å². The lowest BCUT2D eigenvalue weighted by atomic mass is 9.30. The molecule has 1 amide bonds. The Hall–Kier alpha value is -1.39. The highest BCUT2D eigenvalue weighted by Crippen LogP contribution is 2.77. The SMILES string of the molecule is CC(=O)CC(=O)C12CC(C3CN(C(=O)OC(C)(C)C)C3)(C1)C2. The van der Waals surface area contributed by atoms with E-state index in [2.05, 4.69) is 0 Å². The Morgan fingerprint density at radius 2 is 1.68 bits per heavy atom. The van der Waals surface area contributed by atoms with E-state index in [9.17, 15) is 14.4 Å². The zero-order valence-electron chi connectivity index (χ0n) is 13.9. The van der Waals surface area contributed by atoms with Crippen molar-refractivity contribution in [3.8, 4) is 0 Å². The summed E-state index contributed by atoms with van der Waals surface area (Å²) in [7, 11) is 0. The van der Waals surface area contributed by atoms with Crippen molar-refractivity contribution in [2.45, 2.75) is 59.0 Å². The number of nitrogens with zero attached hydrogens (tertiary/aromatic N) is 1. The van der Waals surface area contributed by atoms with Crippen LogP contribution in [-0.4, -0.2) is 41.3 Å². The van der Waals surface area contributed by atoms with Gasteiger partial charge < -0.3 is 9.64 Å². The Kier molecular flexibility index (Phi) is 3.21. The van der Waals surface area contributed by atoms with Crippen molar-refractivity contribution in [3.05, 3.63) is 0 Å². The van der Waals surface area contributed by atoms with Crippen molar-refractivity contribution >= 4 is 17.7 Å². The van der Waals surface area contributed by atoms with Gasteiger partial charge in [0.25, 0.3) is 0 Å². The van der Waals surface area contributed by atoms with Crippen molar-refractivity contribution in [3.63, 3.8) is 0 Å². The van der Waals surface area contributed by atoms with Crippen LogP contribution in [-0.2, 0) is 14.3 Å². The topological polar surface area (TPSA) is 63.7 Å². The summed E-state index contributed by atoms with van der Waals surface area (Å²) < 4.78 is 5.36. The smallest absolute Gasteiger partial charge is 0.410 e. The quantitative estimate of drug-likeness (QED) is 0.749. The largest absolute Gasteiger partial charge is 0.444 e. The zero-order chi connectivity index (χ0) is 16.3. The van der Waals surface area contributed by atoms with Gasteiger partial charge in [-0.05, 0) is 52.4 Å². The molecule has 1 aliphatic heterocycles. The summed E-state index contributed by atoms with van der Waals surface area (Å²) in [5.74, 6) is 0.584. The molecule has 0 N–H and O–H groups in total. The third kappa shape index (κ3) is 2.34. The molecule has 22 heavy (non-hydrogen) atoms. The van der Waals surface area contributed by atoms with Gasteiger partial charge in [-0.1, -0.05) is 0 Å². The Balaban J connectivity index is 1.46. The van der Waals surface area contributed by atoms with Crippen LogP contribution in [0.4, 0.5) is 4.79 Å². The maximum Gasteiger partial charge on any atom is 0.410 e. The molecule has 1 saturated heterocycles. The fourth-order valence-corrected chi connectivity index (χ4v) is 4.35. The highest BCUT2D eigenvalue weighted by Gasteiger charge is 2.74. The maximum atomic E-state index is 12.1. The lowest BCUT2D eigenvalue weighted by molar-refractivity contribution is -0.245. The number of likely N-dealkylation sites (tertiary alicyclic amines) is 1. The lowest BCUT2D eigenvalue weighted by Crippen LogP contribution is -2.73. The van der Waals surface area contributed by atoms with Crippen molar-refractivity contribution in [1.82, 2.24) is 4.90 Å². The molecule has 0 unspecified atom stereocenters. The summed E-state index contributed by atoms with van der Waals surface area (Å²) in [6, 6.07) is 0. The second kappa shape index (κ2) is 4.56. The van der Waals surface area contributed by atoms with Crippen LogP contribution in [0, 0.1) is 16.7 Å². The van der Waals surface area contributed by atoms with E-state index in [4.69, 9.17) is 4.74 Å². The highest BCUT2D eigenvalue weighted by molar-refractivity contribution is 6.02. The Bertz CT molecular complexity index is 520. The molecule has 4 aliphatic rings. The number of carbonyl (C=O) groups excluding carboxylic acids is 3. The Morgan fingerprint density at radius 1 is 1.14 bits per heavy atom. The molecule has 5 heteroatoms. The van der Waals surface area contributed by atoms with Gasteiger partial charge in [0.05, 0.1) is 6.42 Å². The van der Waals surface area contributed by atoms with Crippen LogP contribution in [0.3, 0.4) is 0 Å². The van der Waals surface area contributed by atoms with Crippen molar-refractivity contribution in [2.24, 2.45) is 16.7 Å². The lowest BCUT2D eigenvalue weighted by Gasteiger charge is -2.74. The van der Waals surface area contributed by atoms with E-state index in [1.807, 2.05) is 20.8 Å². The van der Waals surface area contributed by atoms with Crippen LogP contribution in [0.25, 0.3) is 0 Å². The predicted molar refractivity (Wildman–Crippen MR) is 80.3 cm³/mol. The molecule has 5 nitrogen and oxygen atoms in total. The second-order valence-corrected chi connectivity index (χ2v) is 8.56. The molecular weight excluding hydrogens is 282 g/mol. The standard InChI is InChI=1S/C17H25NO4/c1-11(19)5-13(20)17-8-16(9-17,10-17)12-6-18(7-12)14(21)22-15(2,3)4/h12H,5-10H2,1-4H3. The van der Waals surface area contributed by atoms with Crippen LogP contribution in [0.1, 0.15) is 53.4 Å². The molecule has 4 fully saturated rings. The number of Topliss-reactive ketones (excluding diaryl/α,β-unsaturated/α-hetero) is 2. The van der Waals surface area contributed by atoms with Gasteiger partial charge in [-0.2, -0.15) is 0 Å². The first kappa shape index (κ1) is 15.5. The van der Waals surface area contributed by atoms with Crippen molar-refractivity contribution in [1.29, 1.82) is 0 Å². The van der Waals surface area contributed by atoms with Crippen LogP contribution < -0.4 is 0 Å². The van der Waals surface area contributed by atoms with E-state index in [1.165, 1.54) is 6.92 Å². The van der Waals surface area contributed by atoms with Gasteiger partial charge in [0.1, 0.15) is 17.2 Å². The fourth-order valence-electron chi connectivity index (χ4n) is 4.35. The van der Waals surface area contributed by atoms with Crippen LogP contribution in [0.15, 0.2) is 0 Å². The zero-order valence-corrected chi connectivity index (χ0v) is 13.9. The molecular formula is C17H25NO4. The van der Waals surface area contributed by atoms with Gasteiger partial charge in [-0.25, -0.2) is 4.79 Å². The van der Waals surface area contributed by atoms with E-state index in [1.54, 1.807) is 4.90 Å². The summed E-state index contributed by atoms with van der Waals surface area (Å²) in [5.41, 5.74) is -0.398. The van der Waals surface area contributed by atoms with Crippen molar-refractivity contribution < 1.29 is 19.1 Å². The number of ether oxygens (including phenoxy) is 1. The molecule has 3 aliphatic carbocycles. The predicted octanol–water partition coefficient (Wildman–Crippen LogP) is 2.57. The molecule has 2 bridgehead atoms. The number of hydrogen-bond acceptors (Lipinski definition) is 4. The van der Waals surface area contributed by atoms with Gasteiger partial charge in [0.2, 0.25) is 0 Å². The van der Waals surface area contributed by atoms with Gasteiger partial charge in [-0.3, -0.25) is 9.59 Å². The normalized spacial score (nSPS) is 33.4. The molecule has 0 atom stereocenters. The van der Waals surface area contributed by atoms with E-state index in [-0.39, 0.29) is 34.9 Å². The first-order chi connectivity index (χ1) is 10.1. The van der Waals surface area contributed by atoms with E-state index < -0.39 is 5.60 Å². The van der Waals surface area contributed by atoms with Crippen LogP contribution >= 0.6 is 0 Å². The molecule has 0 aromatic carbocycles. The highest BCUT2D eigenvalue weighted by atomic mass is 16.6. The Labute approximate surface area is 131 Å². The molecule has 122 valence electrons. The number of ketones is 2. The number of hydrogen-bond donors (Lipinski definition) is 0. The van der Waals surface area contributed by atoms with Gasteiger partial charge >= 0.3 is 6.09 Å². The summed E-state index contributed by atoms with van der Waals surface area (Å²) in [6.45, 7) is 8.57. The molecule has 1 heterocycles. The summed E-state index contributed by atoms with van der Waals surface area (Å²) >= 11 is 0. The molecule has 0 aromatic rings. The average Bonchev–Trinajstić information content (AvgIpc) is 2.12. The minimum absolute atomic E-state index is 0.0384. The van der Waals surface area contributed by atoms with Gasteiger partial charge in [-0.15, -0.1) is 0 Å². The monoisotopic (exact) mass is 307 g/mol. The third-order valence-electron chi connectivity index (χ3n) is 5.47. The average molecular weight is 307 g/mol. The number of rotatable bonds is 4. The molecule has 4 rings (SSSR count). The van der Waals surface area contributed by atoms with E-state index in [0.717, 1.165) is 32.4 Å². The first-order valence-electron chi connectivity index (χ1n) is 8.06. The summed E-state index contributed by atoms with van der Waals surface area (Å²) in [5, 5.41) is 0. The minimum atomic E-state index is -0.457. The fraction of sp³-hybridized carbons (Fsp3) is 0.824. The number of carbonyl (C=O) groups is 3. The second-order valence-electron chi connectivity index (χ2n) is 8.56. The maximum absolute atomic E-state index is 12.1.